The van der Waals surface area contributed by atoms with Gasteiger partial charge < -0.3 is 15.2 Å². The lowest BCUT2D eigenvalue weighted by molar-refractivity contribution is -0.0464. The van der Waals surface area contributed by atoms with Crippen molar-refractivity contribution in [1.29, 1.82) is 0 Å². The van der Waals surface area contributed by atoms with Crippen molar-refractivity contribution < 1.29 is 9.47 Å². The number of nitrogens with two attached hydrogens (primary N) is 1. The normalized spacial score (nSPS) is 21.2. The van der Waals surface area contributed by atoms with Crippen LogP contribution in [-0.4, -0.2) is 49.9 Å². The Kier molecular flexibility index (Phi) is 6.49. The van der Waals surface area contributed by atoms with Gasteiger partial charge in [0.25, 0.3) is 0 Å². The van der Waals surface area contributed by atoms with Crippen molar-refractivity contribution in [2.24, 2.45) is 5.73 Å². The molecule has 0 amide bonds. The van der Waals surface area contributed by atoms with E-state index in [1.54, 1.807) is 0 Å². The molecule has 1 aliphatic heterocycles. The van der Waals surface area contributed by atoms with Crippen molar-refractivity contribution in [2.45, 2.75) is 38.8 Å². The number of likely N-dealkylation sites (N-methyl/N-ethyl adjacent to an activating group) is 1. The second kappa shape index (κ2) is 8.37. The largest absolute Gasteiger partial charge is 0.491 e. The minimum absolute atomic E-state index is 0.167. The van der Waals surface area contributed by atoms with Crippen LogP contribution in [0, 0.1) is 0 Å². The van der Waals surface area contributed by atoms with Crippen LogP contribution < -0.4 is 10.5 Å². The molecule has 1 aromatic rings. The fourth-order valence-corrected chi connectivity index (χ4v) is 2.57. The second-order valence-corrected chi connectivity index (χ2v) is 5.72. The fraction of sp³-hybridized carbons (Fsp3) is 0.647. The lowest BCUT2D eigenvalue weighted by Gasteiger charge is -2.31. The van der Waals surface area contributed by atoms with Crippen molar-refractivity contribution in [2.75, 3.05) is 32.8 Å². The van der Waals surface area contributed by atoms with Crippen molar-refractivity contribution in [3.05, 3.63) is 29.8 Å². The Morgan fingerprint density at radius 3 is 3.05 bits per heavy atom. The van der Waals surface area contributed by atoms with Crippen molar-refractivity contribution in [3.63, 3.8) is 0 Å². The van der Waals surface area contributed by atoms with Gasteiger partial charge in [-0.3, -0.25) is 4.90 Å². The van der Waals surface area contributed by atoms with Gasteiger partial charge in [0.05, 0.1) is 6.61 Å². The lowest BCUT2D eigenvalue weighted by Crippen LogP contribution is -2.44. The first-order chi connectivity index (χ1) is 10.2. The van der Waals surface area contributed by atoms with Crippen LogP contribution in [0.4, 0.5) is 0 Å². The first-order valence-electron chi connectivity index (χ1n) is 8.02. The maximum atomic E-state index is 6.01. The van der Waals surface area contributed by atoms with Crippen LogP contribution in [0.3, 0.4) is 0 Å². The molecule has 21 heavy (non-hydrogen) atoms. The molecular formula is C17H28N2O2. The highest BCUT2D eigenvalue weighted by Gasteiger charge is 2.19. The third-order valence-electron chi connectivity index (χ3n) is 4.03. The smallest absolute Gasteiger partial charge is 0.119 e. The summed E-state index contributed by atoms with van der Waals surface area (Å²) in [6.45, 7) is 8.76. The summed E-state index contributed by atoms with van der Waals surface area (Å²) in [5.41, 5.74) is 7.25. The maximum absolute atomic E-state index is 6.01. The minimum atomic E-state index is 0.167. The molecule has 1 aromatic carbocycles. The summed E-state index contributed by atoms with van der Waals surface area (Å²) in [5, 5.41) is 0. The minimum Gasteiger partial charge on any atom is -0.491 e. The van der Waals surface area contributed by atoms with Crippen LogP contribution in [0.2, 0.25) is 0 Å². The highest BCUT2D eigenvalue weighted by molar-refractivity contribution is 5.29. The average molecular weight is 292 g/mol. The standard InChI is InChI=1S/C17H28N2O2/c1-3-15(18)10-14-6-5-7-16(11-14)21-13-17-12-19(4-2)8-9-20-17/h5-7,11,15,17H,3-4,8-10,12-13,18H2,1-2H3. The Labute approximate surface area is 128 Å². The monoisotopic (exact) mass is 292 g/mol. The number of hydrogen-bond acceptors (Lipinski definition) is 4. The van der Waals surface area contributed by atoms with Crippen LogP contribution in [0.5, 0.6) is 5.75 Å². The molecule has 0 saturated carbocycles. The van der Waals surface area contributed by atoms with Crippen LogP contribution in [0.15, 0.2) is 24.3 Å². The summed E-state index contributed by atoms with van der Waals surface area (Å²) in [6, 6.07) is 8.46. The van der Waals surface area contributed by atoms with E-state index in [0.29, 0.717) is 6.61 Å². The van der Waals surface area contributed by atoms with E-state index in [9.17, 15) is 0 Å². The molecule has 4 heteroatoms. The van der Waals surface area contributed by atoms with Gasteiger partial charge in [-0.2, -0.15) is 0 Å². The Morgan fingerprint density at radius 2 is 2.29 bits per heavy atom. The third kappa shape index (κ3) is 5.30. The summed E-state index contributed by atoms with van der Waals surface area (Å²) in [7, 11) is 0. The first kappa shape index (κ1) is 16.3. The zero-order chi connectivity index (χ0) is 15.1. The molecule has 1 saturated heterocycles. The summed E-state index contributed by atoms with van der Waals surface area (Å²) >= 11 is 0. The molecule has 1 heterocycles. The third-order valence-corrected chi connectivity index (χ3v) is 4.03. The highest BCUT2D eigenvalue weighted by atomic mass is 16.5. The number of nitrogens with zero attached hydrogens (tertiary/aromatic N) is 1. The molecule has 0 radical (unpaired) electrons. The summed E-state index contributed by atoms with van der Waals surface area (Å²) in [5.74, 6) is 0.910. The molecule has 2 rings (SSSR count). The molecule has 2 unspecified atom stereocenters. The SMILES string of the molecule is CCC(N)Cc1cccc(OCC2CN(CC)CCO2)c1. The second-order valence-electron chi connectivity index (χ2n) is 5.72. The summed E-state index contributed by atoms with van der Waals surface area (Å²) < 4.78 is 11.7. The molecule has 0 spiro atoms. The number of morpholine rings is 1. The van der Waals surface area contributed by atoms with E-state index < -0.39 is 0 Å². The van der Waals surface area contributed by atoms with Gasteiger partial charge in [-0.25, -0.2) is 0 Å². The molecule has 0 aromatic heterocycles. The van der Waals surface area contributed by atoms with Gasteiger partial charge in [0.2, 0.25) is 0 Å². The molecule has 2 atom stereocenters. The number of hydrogen-bond donors (Lipinski definition) is 1. The van der Waals surface area contributed by atoms with Gasteiger partial charge in [0.15, 0.2) is 0 Å². The van der Waals surface area contributed by atoms with Crippen LogP contribution in [0.1, 0.15) is 25.8 Å². The van der Waals surface area contributed by atoms with E-state index in [4.69, 9.17) is 15.2 Å². The molecule has 1 fully saturated rings. The van der Waals surface area contributed by atoms with E-state index in [1.807, 2.05) is 12.1 Å². The van der Waals surface area contributed by atoms with E-state index in [-0.39, 0.29) is 12.1 Å². The van der Waals surface area contributed by atoms with Gasteiger partial charge in [-0.1, -0.05) is 26.0 Å². The van der Waals surface area contributed by atoms with Crippen LogP contribution >= 0.6 is 0 Å². The molecular weight excluding hydrogens is 264 g/mol. The number of ether oxygens (including phenoxy) is 2. The molecule has 118 valence electrons. The lowest BCUT2D eigenvalue weighted by atomic mass is 10.0. The Morgan fingerprint density at radius 1 is 1.43 bits per heavy atom. The van der Waals surface area contributed by atoms with Gasteiger partial charge in [-0.05, 0) is 37.1 Å². The van der Waals surface area contributed by atoms with Gasteiger partial charge in [0.1, 0.15) is 18.5 Å². The van der Waals surface area contributed by atoms with Gasteiger partial charge >= 0.3 is 0 Å². The Bertz CT molecular complexity index is 425. The van der Waals surface area contributed by atoms with E-state index in [1.165, 1.54) is 5.56 Å². The van der Waals surface area contributed by atoms with E-state index >= 15 is 0 Å². The van der Waals surface area contributed by atoms with Gasteiger partial charge in [0, 0.05) is 19.1 Å². The first-order valence-corrected chi connectivity index (χ1v) is 8.02. The average Bonchev–Trinajstić information content (AvgIpc) is 2.53. The Balaban J connectivity index is 1.84. The zero-order valence-corrected chi connectivity index (χ0v) is 13.3. The molecule has 2 N–H and O–H groups in total. The van der Waals surface area contributed by atoms with Crippen molar-refractivity contribution in [3.8, 4) is 5.75 Å². The quantitative estimate of drug-likeness (QED) is 0.836. The predicted octanol–water partition coefficient (Wildman–Crippen LogP) is 2.07. The molecule has 1 aliphatic rings. The zero-order valence-electron chi connectivity index (χ0n) is 13.3. The highest BCUT2D eigenvalue weighted by Crippen LogP contribution is 2.16. The van der Waals surface area contributed by atoms with E-state index in [0.717, 1.165) is 44.8 Å². The molecule has 4 nitrogen and oxygen atoms in total. The molecule has 0 aliphatic carbocycles. The fourth-order valence-electron chi connectivity index (χ4n) is 2.57. The Hall–Kier alpha value is -1.10. The number of rotatable bonds is 7. The van der Waals surface area contributed by atoms with Crippen LogP contribution in [-0.2, 0) is 11.2 Å². The number of benzene rings is 1. The summed E-state index contributed by atoms with van der Waals surface area (Å²) in [6.07, 6.45) is 2.06. The molecule has 0 bridgehead atoms. The summed E-state index contributed by atoms with van der Waals surface area (Å²) in [4.78, 5) is 2.40. The van der Waals surface area contributed by atoms with Gasteiger partial charge in [-0.15, -0.1) is 0 Å². The van der Waals surface area contributed by atoms with E-state index in [2.05, 4.69) is 30.9 Å². The van der Waals surface area contributed by atoms with Crippen molar-refractivity contribution in [1.82, 2.24) is 4.90 Å². The van der Waals surface area contributed by atoms with Crippen LogP contribution in [0.25, 0.3) is 0 Å². The predicted molar refractivity (Wildman–Crippen MR) is 85.8 cm³/mol. The topological polar surface area (TPSA) is 47.7 Å². The maximum Gasteiger partial charge on any atom is 0.119 e. The van der Waals surface area contributed by atoms with Crippen molar-refractivity contribution >= 4 is 0 Å².